The van der Waals surface area contributed by atoms with Crippen LogP contribution >= 0.6 is 0 Å². The minimum Gasteiger partial charge on any atom is -0.479 e. The summed E-state index contributed by atoms with van der Waals surface area (Å²) in [4.78, 5) is 28.1. The van der Waals surface area contributed by atoms with E-state index in [9.17, 15) is 14.0 Å². The predicted octanol–water partition coefficient (Wildman–Crippen LogP) is 5.46. The van der Waals surface area contributed by atoms with Crippen molar-refractivity contribution in [2.24, 2.45) is 0 Å². The summed E-state index contributed by atoms with van der Waals surface area (Å²) in [5.41, 5.74) is 2.99. The fraction of sp³-hybridized carbons (Fsp3) is 0.156. The molecule has 1 amide bonds. The van der Waals surface area contributed by atoms with Gasteiger partial charge in [0.1, 0.15) is 17.1 Å². The maximum absolute atomic E-state index is 14.7. The zero-order valence-corrected chi connectivity index (χ0v) is 22.5. The van der Waals surface area contributed by atoms with Gasteiger partial charge in [0.2, 0.25) is 12.2 Å². The van der Waals surface area contributed by atoms with Crippen molar-refractivity contribution in [1.29, 1.82) is 0 Å². The molecule has 2 unspecified atom stereocenters. The number of pyridine rings is 1. The molecule has 1 aliphatic heterocycles. The molecule has 0 spiro atoms. The molecule has 0 bridgehead atoms. The van der Waals surface area contributed by atoms with Crippen LogP contribution in [0.2, 0.25) is 0 Å². The van der Waals surface area contributed by atoms with Gasteiger partial charge < -0.3 is 29.4 Å². The Morgan fingerprint density at radius 2 is 1.81 bits per heavy atom. The summed E-state index contributed by atoms with van der Waals surface area (Å²) in [7, 11) is 0. The van der Waals surface area contributed by atoms with Crippen molar-refractivity contribution >= 4 is 11.9 Å². The van der Waals surface area contributed by atoms with E-state index in [1.54, 1.807) is 36.4 Å². The summed E-state index contributed by atoms with van der Waals surface area (Å²) >= 11 is 0. The monoisotopic (exact) mass is 570 g/mol. The Balaban J connectivity index is 1.17. The number of carbonyl (C=O) groups is 2. The van der Waals surface area contributed by atoms with Crippen molar-refractivity contribution in [2.45, 2.75) is 32.3 Å². The molecule has 214 valence electrons. The molecule has 1 aromatic heterocycles. The number of carboxylic acid groups (broad SMARTS) is 1. The third-order valence-corrected chi connectivity index (χ3v) is 6.34. The van der Waals surface area contributed by atoms with E-state index >= 15 is 0 Å². The zero-order valence-electron chi connectivity index (χ0n) is 22.5. The van der Waals surface area contributed by atoms with Gasteiger partial charge in [-0.05, 0) is 47.9 Å². The fourth-order valence-corrected chi connectivity index (χ4v) is 4.14. The van der Waals surface area contributed by atoms with E-state index in [0.717, 1.165) is 17.2 Å². The van der Waals surface area contributed by atoms with E-state index < -0.39 is 30.1 Å². The Morgan fingerprint density at radius 3 is 2.55 bits per heavy atom. The van der Waals surface area contributed by atoms with Gasteiger partial charge in [0.05, 0.1) is 0 Å². The normalized spacial score (nSPS) is 14.6. The second kappa shape index (κ2) is 12.9. The maximum Gasteiger partial charge on any atom is 0.344 e. The van der Waals surface area contributed by atoms with Crippen LogP contribution in [0.25, 0.3) is 11.1 Å². The molecule has 0 fully saturated rings. The van der Waals surface area contributed by atoms with E-state index in [4.69, 9.17) is 24.1 Å². The predicted molar refractivity (Wildman–Crippen MR) is 150 cm³/mol. The number of rotatable bonds is 11. The van der Waals surface area contributed by atoms with Gasteiger partial charge in [0.15, 0.2) is 12.4 Å². The average Bonchev–Trinajstić information content (AvgIpc) is 3.43. The largest absolute Gasteiger partial charge is 0.479 e. The number of hydrogen-bond acceptors (Lipinski definition) is 7. The first-order valence-corrected chi connectivity index (χ1v) is 13.1. The summed E-state index contributed by atoms with van der Waals surface area (Å²) < 4.78 is 36.9. The highest BCUT2D eigenvalue weighted by atomic mass is 19.1. The summed E-state index contributed by atoms with van der Waals surface area (Å²) in [5, 5.41) is 11.8. The number of nitrogens with zero attached hydrogens (tertiary/aromatic N) is 1. The lowest BCUT2D eigenvalue weighted by Crippen LogP contribution is -2.24. The van der Waals surface area contributed by atoms with Crippen molar-refractivity contribution in [2.75, 3.05) is 0 Å². The number of amides is 1. The first-order chi connectivity index (χ1) is 20.4. The molecule has 4 aromatic rings. The van der Waals surface area contributed by atoms with Gasteiger partial charge in [-0.3, -0.25) is 4.79 Å². The Morgan fingerprint density at radius 1 is 1.02 bits per heavy atom. The SMILES string of the molecule is CC(Oc1ccc(-c2ccc(CNC(=O)c3cccnc3OC3=COC(Cc4ccccc4)O3)cc2)c(F)c1)C(=O)O. The van der Waals surface area contributed by atoms with Crippen molar-refractivity contribution in [3.63, 3.8) is 0 Å². The number of aromatic nitrogens is 1. The molecule has 0 saturated carbocycles. The quantitative estimate of drug-likeness (QED) is 0.244. The second-order valence-corrected chi connectivity index (χ2v) is 9.39. The molecule has 5 rings (SSSR count). The van der Waals surface area contributed by atoms with Gasteiger partial charge in [-0.25, -0.2) is 14.2 Å². The highest BCUT2D eigenvalue weighted by Gasteiger charge is 2.24. The minimum absolute atomic E-state index is 0.0706. The van der Waals surface area contributed by atoms with Crippen LogP contribution in [-0.2, 0) is 27.2 Å². The van der Waals surface area contributed by atoms with Crippen LogP contribution in [-0.4, -0.2) is 34.4 Å². The topological polar surface area (TPSA) is 116 Å². The summed E-state index contributed by atoms with van der Waals surface area (Å²) in [5.74, 6) is -1.80. The van der Waals surface area contributed by atoms with E-state index in [-0.39, 0.29) is 29.7 Å². The minimum atomic E-state index is -1.14. The van der Waals surface area contributed by atoms with Crippen molar-refractivity contribution < 1.29 is 38.0 Å². The van der Waals surface area contributed by atoms with Crippen LogP contribution in [0, 0.1) is 5.82 Å². The molecule has 3 aromatic carbocycles. The van der Waals surface area contributed by atoms with E-state index in [1.807, 2.05) is 30.3 Å². The van der Waals surface area contributed by atoms with Gasteiger partial charge >= 0.3 is 11.9 Å². The highest BCUT2D eigenvalue weighted by Crippen LogP contribution is 2.28. The lowest BCUT2D eigenvalue weighted by atomic mass is 10.0. The first kappa shape index (κ1) is 28.2. The average molecular weight is 571 g/mol. The summed E-state index contributed by atoms with van der Waals surface area (Å²) in [6, 6.07) is 24.2. The van der Waals surface area contributed by atoms with E-state index in [2.05, 4.69) is 10.3 Å². The number of benzene rings is 3. The molecular formula is C32H27FN2O7. The molecule has 2 N–H and O–H groups in total. The molecular weight excluding hydrogens is 543 g/mol. The van der Waals surface area contributed by atoms with Crippen molar-refractivity contribution in [3.8, 4) is 22.8 Å². The molecule has 2 atom stereocenters. The van der Waals surface area contributed by atoms with E-state index in [1.165, 1.54) is 31.5 Å². The standard InChI is InChI=1S/C32H27FN2O7/c1-20(32(37)38)40-24-13-14-25(27(33)17-24)23-11-9-22(10-12-23)18-35-30(36)26-8-5-15-34-31(26)42-29-19-39-28(41-29)16-21-6-3-2-4-7-21/h2-15,17,19-20,28H,16,18H2,1H3,(H,35,36)(H,37,38). The zero-order chi connectivity index (χ0) is 29.5. The van der Waals surface area contributed by atoms with Crippen LogP contribution in [0.1, 0.15) is 28.4 Å². The first-order valence-electron chi connectivity index (χ1n) is 13.1. The lowest BCUT2D eigenvalue weighted by molar-refractivity contribution is -0.144. The van der Waals surface area contributed by atoms with E-state index in [0.29, 0.717) is 17.5 Å². The maximum atomic E-state index is 14.7. The smallest absolute Gasteiger partial charge is 0.344 e. The number of aliphatic carboxylic acids is 1. The third kappa shape index (κ3) is 7.03. The molecule has 0 radical (unpaired) electrons. The van der Waals surface area contributed by atoms with Crippen LogP contribution < -0.4 is 14.8 Å². The van der Waals surface area contributed by atoms with Crippen molar-refractivity contribution in [1.82, 2.24) is 10.3 Å². The van der Waals surface area contributed by atoms with Crippen molar-refractivity contribution in [3.05, 3.63) is 126 Å². The second-order valence-electron chi connectivity index (χ2n) is 9.39. The number of carbonyl (C=O) groups excluding carboxylic acids is 1. The number of hydrogen-bond donors (Lipinski definition) is 2. The van der Waals surface area contributed by atoms with Gasteiger partial charge in [-0.1, -0.05) is 54.6 Å². The number of carboxylic acids is 1. The van der Waals surface area contributed by atoms with Gasteiger partial charge in [0.25, 0.3) is 5.91 Å². The Labute approximate surface area is 241 Å². The Kier molecular flexibility index (Phi) is 8.62. The molecule has 10 heteroatoms. The number of halogens is 1. The van der Waals surface area contributed by atoms with Crippen LogP contribution in [0.5, 0.6) is 11.6 Å². The lowest BCUT2D eigenvalue weighted by Gasteiger charge is -2.13. The van der Waals surface area contributed by atoms with Crippen LogP contribution in [0.4, 0.5) is 4.39 Å². The fourth-order valence-electron chi connectivity index (χ4n) is 4.14. The van der Waals surface area contributed by atoms with Crippen LogP contribution in [0.3, 0.4) is 0 Å². The van der Waals surface area contributed by atoms with Crippen LogP contribution in [0.15, 0.2) is 103 Å². The highest BCUT2D eigenvalue weighted by molar-refractivity contribution is 5.96. The summed E-state index contributed by atoms with van der Waals surface area (Å²) in [6.45, 7) is 1.57. The molecule has 2 heterocycles. The molecule has 1 aliphatic rings. The molecule has 42 heavy (non-hydrogen) atoms. The van der Waals surface area contributed by atoms with Gasteiger partial charge in [-0.2, -0.15) is 0 Å². The van der Waals surface area contributed by atoms with Gasteiger partial charge in [-0.15, -0.1) is 0 Å². The Bertz CT molecular complexity index is 1590. The Hall–Kier alpha value is -5.38. The van der Waals surface area contributed by atoms with Gasteiger partial charge in [0, 0.05) is 30.8 Å². The third-order valence-electron chi connectivity index (χ3n) is 6.34. The summed E-state index contributed by atoms with van der Waals surface area (Å²) in [6.07, 6.45) is 1.74. The molecule has 0 saturated heterocycles. The molecule has 9 nitrogen and oxygen atoms in total. The number of nitrogens with one attached hydrogen (secondary N) is 1. The number of ether oxygens (including phenoxy) is 4. The molecule has 0 aliphatic carbocycles.